The van der Waals surface area contributed by atoms with E-state index in [9.17, 15) is 12.8 Å². The zero-order valence-electron chi connectivity index (χ0n) is 11.7. The molecule has 2 atom stereocenters. The lowest BCUT2D eigenvalue weighted by molar-refractivity contribution is 0.440. The lowest BCUT2D eigenvalue weighted by atomic mass is 9.99. The lowest BCUT2D eigenvalue weighted by Gasteiger charge is -2.31. The van der Waals surface area contributed by atoms with Crippen LogP contribution in [0.5, 0.6) is 0 Å². The maximum atomic E-state index is 14.3. The van der Waals surface area contributed by atoms with Crippen molar-refractivity contribution >= 4 is 37.4 Å². The Kier molecular flexibility index (Phi) is 5.68. The van der Waals surface area contributed by atoms with Gasteiger partial charge in [-0.05, 0) is 47.4 Å². The van der Waals surface area contributed by atoms with Crippen LogP contribution in [0.2, 0.25) is 5.02 Å². The molecule has 0 saturated carbocycles. The first-order valence-electron chi connectivity index (χ1n) is 6.96. The van der Waals surface area contributed by atoms with Gasteiger partial charge in [0.15, 0.2) is 9.84 Å². The Hall–Kier alpha value is -0.170. The van der Waals surface area contributed by atoms with Gasteiger partial charge >= 0.3 is 0 Å². The van der Waals surface area contributed by atoms with Crippen molar-refractivity contribution in [1.82, 2.24) is 5.32 Å². The number of hydrogen-bond donors (Lipinski definition) is 1. The van der Waals surface area contributed by atoms with E-state index >= 15 is 0 Å². The fourth-order valence-electron chi connectivity index (χ4n) is 2.79. The van der Waals surface area contributed by atoms with Gasteiger partial charge < -0.3 is 5.32 Å². The molecule has 118 valence electrons. The largest absolute Gasteiger partial charge is 0.309 e. The third kappa shape index (κ3) is 3.78. The van der Waals surface area contributed by atoms with Crippen molar-refractivity contribution in [1.29, 1.82) is 0 Å². The molecule has 21 heavy (non-hydrogen) atoms. The highest BCUT2D eigenvalue weighted by Gasteiger charge is 2.37. The summed E-state index contributed by atoms with van der Waals surface area (Å²) in [6, 6.07) is 2.24. The van der Waals surface area contributed by atoms with Crippen LogP contribution in [-0.4, -0.2) is 26.0 Å². The maximum absolute atomic E-state index is 14.3. The number of sulfone groups is 1. The highest BCUT2D eigenvalue weighted by molar-refractivity contribution is 9.10. The molecule has 0 radical (unpaired) electrons. The predicted octanol–water partition coefficient (Wildman–Crippen LogP) is 3.86. The Balaban J connectivity index is 2.46. The molecule has 1 aromatic rings. The van der Waals surface area contributed by atoms with Gasteiger partial charge in [0.25, 0.3) is 0 Å². The summed E-state index contributed by atoms with van der Waals surface area (Å²) in [6.45, 7) is 2.44. The Morgan fingerprint density at radius 2 is 2.19 bits per heavy atom. The minimum absolute atomic E-state index is 0.172. The minimum Gasteiger partial charge on any atom is -0.309 e. The second-order valence-electron chi connectivity index (χ2n) is 5.22. The molecule has 1 saturated heterocycles. The van der Waals surface area contributed by atoms with Crippen LogP contribution in [0.3, 0.4) is 0 Å². The number of rotatable bonds is 4. The molecule has 1 aromatic carbocycles. The van der Waals surface area contributed by atoms with Crippen molar-refractivity contribution in [3.63, 3.8) is 0 Å². The summed E-state index contributed by atoms with van der Waals surface area (Å²) in [4.78, 5) is 0. The van der Waals surface area contributed by atoms with Gasteiger partial charge in [0, 0.05) is 10.0 Å². The second kappa shape index (κ2) is 6.94. The lowest BCUT2D eigenvalue weighted by Crippen LogP contribution is -2.41. The quantitative estimate of drug-likeness (QED) is 0.783. The summed E-state index contributed by atoms with van der Waals surface area (Å²) in [5.41, 5.74) is 0.320. The molecule has 0 bridgehead atoms. The molecule has 1 aliphatic heterocycles. The zero-order chi connectivity index (χ0) is 15.6. The minimum atomic E-state index is -3.22. The Bertz CT molecular complexity index is 624. The van der Waals surface area contributed by atoms with Crippen LogP contribution in [-0.2, 0) is 9.84 Å². The van der Waals surface area contributed by atoms with Crippen LogP contribution in [0, 0.1) is 5.82 Å². The highest BCUT2D eigenvalue weighted by Crippen LogP contribution is 2.35. The highest BCUT2D eigenvalue weighted by atomic mass is 79.9. The molecule has 0 amide bonds. The molecular weight excluding hydrogens is 381 g/mol. The molecule has 1 aliphatic rings. The van der Waals surface area contributed by atoms with E-state index in [-0.39, 0.29) is 5.75 Å². The molecule has 1 heterocycles. The zero-order valence-corrected chi connectivity index (χ0v) is 14.9. The SMILES string of the molecule is CCNC(c1cc(Cl)c(Br)cc1F)C1CCCCS1(=O)=O. The van der Waals surface area contributed by atoms with Crippen LogP contribution in [0.15, 0.2) is 16.6 Å². The van der Waals surface area contributed by atoms with Crippen molar-refractivity contribution < 1.29 is 12.8 Å². The second-order valence-corrected chi connectivity index (χ2v) is 8.83. The molecular formula is C14H18BrClFNO2S. The van der Waals surface area contributed by atoms with E-state index in [1.165, 1.54) is 12.1 Å². The smallest absolute Gasteiger partial charge is 0.155 e. The van der Waals surface area contributed by atoms with E-state index < -0.39 is 26.9 Å². The summed E-state index contributed by atoms with van der Waals surface area (Å²) in [7, 11) is -3.22. The molecule has 2 rings (SSSR count). The van der Waals surface area contributed by atoms with Crippen LogP contribution >= 0.6 is 27.5 Å². The standard InChI is InChI=1S/C14H18BrClFNO2S/c1-2-18-14(13-5-3-4-6-21(13,19)20)9-7-11(16)10(15)8-12(9)17/h7-8,13-14,18H,2-6H2,1H3. The number of halogens is 3. The van der Waals surface area contributed by atoms with E-state index in [4.69, 9.17) is 11.6 Å². The summed E-state index contributed by atoms with van der Waals surface area (Å²) < 4.78 is 39.4. The summed E-state index contributed by atoms with van der Waals surface area (Å²) >= 11 is 9.23. The first-order valence-corrected chi connectivity index (χ1v) is 9.85. The number of benzene rings is 1. The first kappa shape index (κ1) is 17.2. The molecule has 2 unspecified atom stereocenters. The molecule has 1 fully saturated rings. The number of hydrogen-bond acceptors (Lipinski definition) is 3. The Morgan fingerprint density at radius 3 is 2.81 bits per heavy atom. The Labute approximate surface area is 138 Å². The van der Waals surface area contributed by atoms with Crippen molar-refractivity contribution in [2.45, 2.75) is 37.5 Å². The predicted molar refractivity (Wildman–Crippen MR) is 87.0 cm³/mol. The fourth-order valence-corrected chi connectivity index (χ4v) is 5.37. The average molecular weight is 399 g/mol. The fraction of sp³-hybridized carbons (Fsp3) is 0.571. The third-order valence-electron chi connectivity index (χ3n) is 3.80. The van der Waals surface area contributed by atoms with Crippen molar-refractivity contribution in [3.8, 4) is 0 Å². The summed E-state index contributed by atoms with van der Waals surface area (Å²) in [5, 5.41) is 2.90. The van der Waals surface area contributed by atoms with E-state index in [0.717, 1.165) is 6.42 Å². The van der Waals surface area contributed by atoms with Gasteiger partial charge in [-0.25, -0.2) is 12.8 Å². The van der Waals surface area contributed by atoms with Crippen LogP contribution in [0.4, 0.5) is 4.39 Å². The van der Waals surface area contributed by atoms with Crippen LogP contribution in [0.1, 0.15) is 37.8 Å². The molecule has 1 N–H and O–H groups in total. The van der Waals surface area contributed by atoms with Gasteiger partial charge in [0.1, 0.15) is 5.82 Å². The molecule has 0 aliphatic carbocycles. The maximum Gasteiger partial charge on any atom is 0.155 e. The summed E-state index contributed by atoms with van der Waals surface area (Å²) in [5.74, 6) is -0.274. The van der Waals surface area contributed by atoms with Gasteiger partial charge in [-0.3, -0.25) is 0 Å². The van der Waals surface area contributed by atoms with E-state index in [1.54, 1.807) is 0 Å². The molecule has 7 heteroatoms. The topological polar surface area (TPSA) is 46.2 Å². The molecule has 0 aromatic heterocycles. The van der Waals surface area contributed by atoms with Crippen molar-refractivity contribution in [2.24, 2.45) is 0 Å². The van der Waals surface area contributed by atoms with Gasteiger partial charge in [0.05, 0.1) is 22.1 Å². The average Bonchev–Trinajstić information content (AvgIpc) is 2.41. The van der Waals surface area contributed by atoms with Crippen LogP contribution < -0.4 is 5.32 Å². The van der Waals surface area contributed by atoms with Crippen molar-refractivity contribution in [2.75, 3.05) is 12.3 Å². The van der Waals surface area contributed by atoms with Gasteiger partial charge in [0.2, 0.25) is 0 Å². The third-order valence-corrected chi connectivity index (χ3v) is 7.28. The molecule has 0 spiro atoms. The van der Waals surface area contributed by atoms with Crippen molar-refractivity contribution in [3.05, 3.63) is 33.0 Å². The Morgan fingerprint density at radius 1 is 1.48 bits per heavy atom. The van der Waals surface area contributed by atoms with Gasteiger partial charge in [-0.2, -0.15) is 0 Å². The van der Waals surface area contributed by atoms with Gasteiger partial charge in [-0.1, -0.05) is 24.9 Å². The number of nitrogens with one attached hydrogen (secondary N) is 1. The van der Waals surface area contributed by atoms with E-state index in [2.05, 4.69) is 21.2 Å². The van der Waals surface area contributed by atoms with E-state index in [0.29, 0.717) is 34.4 Å². The summed E-state index contributed by atoms with van der Waals surface area (Å²) in [6.07, 6.45) is 2.08. The molecule has 3 nitrogen and oxygen atoms in total. The van der Waals surface area contributed by atoms with Crippen LogP contribution in [0.25, 0.3) is 0 Å². The van der Waals surface area contributed by atoms with E-state index in [1.807, 2.05) is 6.92 Å². The normalized spacial score (nSPS) is 23.0. The first-order chi connectivity index (χ1) is 9.86. The monoisotopic (exact) mass is 397 g/mol. The van der Waals surface area contributed by atoms with Gasteiger partial charge in [-0.15, -0.1) is 0 Å².